The molecule has 1 nitrogen and oxygen atoms in total. The van der Waals surface area contributed by atoms with Crippen LogP contribution in [-0.4, -0.2) is 11.2 Å². The summed E-state index contributed by atoms with van der Waals surface area (Å²) in [5.41, 5.74) is 9.88. The molecule has 0 amide bonds. The third kappa shape index (κ3) is 1.75. The summed E-state index contributed by atoms with van der Waals surface area (Å²) in [4.78, 5) is 0. The predicted molar refractivity (Wildman–Crippen MR) is 91.2 cm³/mol. The first-order valence-corrected chi connectivity index (χ1v) is 8.86. The van der Waals surface area contributed by atoms with E-state index < -0.39 is 0 Å². The van der Waals surface area contributed by atoms with Crippen LogP contribution in [0, 0.1) is 19.3 Å². The monoisotopic (exact) mass is 296 g/mol. The molecule has 0 aromatic heterocycles. The van der Waals surface area contributed by atoms with Crippen molar-refractivity contribution in [2.75, 3.05) is 0 Å². The average molecular weight is 296 g/mol. The van der Waals surface area contributed by atoms with E-state index in [9.17, 15) is 5.11 Å². The number of aryl methyl sites for hydroxylation is 1. The molecule has 3 aliphatic rings. The maximum Gasteiger partial charge on any atom is 0.0585 e. The number of aliphatic hydroxyl groups is 1. The molecule has 0 spiro atoms. The first-order valence-electron chi connectivity index (χ1n) is 8.86. The number of fused-ring (bicyclic) bond motifs is 4. The van der Waals surface area contributed by atoms with Crippen molar-refractivity contribution < 1.29 is 5.11 Å². The van der Waals surface area contributed by atoms with Crippen LogP contribution in [0.25, 0.3) is 0 Å². The standard InChI is InChI=1S/C21H28O/c1-13-5-7-17-16(14(13)2)6-8-18-19-11-15(22)12-20(19,3)9-10-21(17,18)4/h5,7,15,22H,6,8-12H2,1-4H3/t15-,20-,21-/m0/s1. The van der Waals surface area contributed by atoms with E-state index in [1.54, 1.807) is 22.3 Å². The highest BCUT2D eigenvalue weighted by Gasteiger charge is 2.50. The van der Waals surface area contributed by atoms with Crippen LogP contribution >= 0.6 is 0 Å². The Kier molecular flexibility index (Phi) is 2.95. The Labute approximate surface area is 134 Å². The van der Waals surface area contributed by atoms with Crippen LogP contribution in [0.3, 0.4) is 0 Å². The Hall–Kier alpha value is -1.08. The molecule has 4 rings (SSSR count). The molecule has 1 aromatic carbocycles. The van der Waals surface area contributed by atoms with Gasteiger partial charge in [0.25, 0.3) is 0 Å². The predicted octanol–water partition coefficient (Wildman–Crippen LogP) is 4.76. The lowest BCUT2D eigenvalue weighted by molar-refractivity contribution is 0.157. The number of aliphatic hydroxyl groups excluding tert-OH is 1. The molecular weight excluding hydrogens is 268 g/mol. The second-order valence-electron chi connectivity index (χ2n) is 8.45. The first-order chi connectivity index (χ1) is 10.3. The fourth-order valence-electron chi connectivity index (χ4n) is 5.63. The summed E-state index contributed by atoms with van der Waals surface area (Å²) < 4.78 is 0. The maximum absolute atomic E-state index is 10.2. The fourth-order valence-corrected chi connectivity index (χ4v) is 5.63. The average Bonchev–Trinajstić information content (AvgIpc) is 2.77. The summed E-state index contributed by atoms with van der Waals surface area (Å²) in [6.07, 6.45) is 6.63. The minimum absolute atomic E-state index is 0.115. The second kappa shape index (κ2) is 4.47. The molecule has 118 valence electrons. The van der Waals surface area contributed by atoms with Crippen LogP contribution in [0.5, 0.6) is 0 Å². The van der Waals surface area contributed by atoms with Crippen LogP contribution in [0.1, 0.15) is 68.2 Å². The number of hydrogen-bond donors (Lipinski definition) is 1. The van der Waals surface area contributed by atoms with Crippen molar-refractivity contribution in [2.45, 2.75) is 77.7 Å². The Morgan fingerprint density at radius 1 is 1.05 bits per heavy atom. The lowest BCUT2D eigenvalue weighted by Gasteiger charge is -2.48. The summed E-state index contributed by atoms with van der Waals surface area (Å²) >= 11 is 0. The summed E-state index contributed by atoms with van der Waals surface area (Å²) in [5.74, 6) is 0. The molecule has 1 saturated carbocycles. The third-order valence-corrected chi connectivity index (χ3v) is 7.15. The Morgan fingerprint density at radius 2 is 1.82 bits per heavy atom. The van der Waals surface area contributed by atoms with Crippen LogP contribution in [0.4, 0.5) is 0 Å². The highest BCUT2D eigenvalue weighted by molar-refractivity contribution is 5.53. The van der Waals surface area contributed by atoms with Gasteiger partial charge in [-0.15, -0.1) is 0 Å². The van der Waals surface area contributed by atoms with Gasteiger partial charge in [-0.25, -0.2) is 0 Å². The molecule has 1 fully saturated rings. The summed E-state index contributed by atoms with van der Waals surface area (Å²) in [5, 5.41) is 10.2. The van der Waals surface area contributed by atoms with E-state index in [1.165, 1.54) is 36.8 Å². The van der Waals surface area contributed by atoms with Crippen LogP contribution in [0.2, 0.25) is 0 Å². The molecule has 1 aromatic rings. The van der Waals surface area contributed by atoms with E-state index in [4.69, 9.17) is 0 Å². The zero-order valence-corrected chi connectivity index (χ0v) is 14.4. The van der Waals surface area contributed by atoms with E-state index in [1.807, 2.05) is 0 Å². The van der Waals surface area contributed by atoms with Gasteiger partial charge in [-0.1, -0.05) is 37.1 Å². The van der Waals surface area contributed by atoms with Gasteiger partial charge in [-0.3, -0.25) is 0 Å². The minimum Gasteiger partial charge on any atom is -0.393 e. The molecule has 0 unspecified atom stereocenters. The van der Waals surface area contributed by atoms with E-state index >= 15 is 0 Å². The van der Waals surface area contributed by atoms with Gasteiger partial charge in [-0.2, -0.15) is 0 Å². The fraction of sp³-hybridized carbons (Fsp3) is 0.619. The highest BCUT2D eigenvalue weighted by atomic mass is 16.3. The zero-order valence-electron chi connectivity index (χ0n) is 14.4. The summed E-state index contributed by atoms with van der Waals surface area (Å²) in [7, 11) is 0. The third-order valence-electron chi connectivity index (χ3n) is 7.15. The molecule has 1 N–H and O–H groups in total. The quantitative estimate of drug-likeness (QED) is 0.684. The highest BCUT2D eigenvalue weighted by Crippen LogP contribution is 2.59. The van der Waals surface area contributed by atoms with Crippen molar-refractivity contribution in [1.82, 2.24) is 0 Å². The lowest BCUT2D eigenvalue weighted by Crippen LogP contribution is -2.38. The Balaban J connectivity index is 1.92. The van der Waals surface area contributed by atoms with Crippen LogP contribution in [-0.2, 0) is 11.8 Å². The number of rotatable bonds is 0. The van der Waals surface area contributed by atoms with Gasteiger partial charge in [-0.05, 0) is 80.0 Å². The SMILES string of the molecule is Cc1ccc2c(c1C)CCC1=C3C[C@H](O)C[C@]3(C)CC[C@]12C. The molecule has 1 heteroatoms. The van der Waals surface area contributed by atoms with Crippen molar-refractivity contribution in [3.05, 3.63) is 45.5 Å². The molecule has 3 atom stereocenters. The number of benzene rings is 1. The molecule has 0 bridgehead atoms. The van der Waals surface area contributed by atoms with Crippen molar-refractivity contribution >= 4 is 0 Å². The van der Waals surface area contributed by atoms with E-state index in [0.29, 0.717) is 0 Å². The number of hydrogen-bond acceptors (Lipinski definition) is 1. The van der Waals surface area contributed by atoms with Gasteiger partial charge in [0.2, 0.25) is 0 Å². The normalized spacial score (nSPS) is 36.9. The van der Waals surface area contributed by atoms with Gasteiger partial charge in [0.05, 0.1) is 6.10 Å². The number of allylic oxidation sites excluding steroid dienone is 1. The molecule has 0 saturated heterocycles. The Bertz CT molecular complexity index is 683. The second-order valence-corrected chi connectivity index (χ2v) is 8.45. The van der Waals surface area contributed by atoms with Gasteiger partial charge in [0, 0.05) is 5.41 Å². The van der Waals surface area contributed by atoms with E-state index in [-0.39, 0.29) is 16.9 Å². The van der Waals surface area contributed by atoms with Crippen molar-refractivity contribution in [3.8, 4) is 0 Å². The zero-order chi connectivity index (χ0) is 15.7. The molecule has 3 aliphatic carbocycles. The van der Waals surface area contributed by atoms with Crippen molar-refractivity contribution in [1.29, 1.82) is 0 Å². The molecule has 22 heavy (non-hydrogen) atoms. The van der Waals surface area contributed by atoms with Gasteiger partial charge in [0.15, 0.2) is 0 Å². The largest absolute Gasteiger partial charge is 0.393 e. The summed E-state index contributed by atoms with van der Waals surface area (Å²) in [6, 6.07) is 4.70. The molecule has 0 radical (unpaired) electrons. The molecule has 0 aliphatic heterocycles. The van der Waals surface area contributed by atoms with E-state index in [2.05, 4.69) is 39.8 Å². The first kappa shape index (κ1) is 14.5. The molecular formula is C21H28O. The van der Waals surface area contributed by atoms with Crippen LogP contribution < -0.4 is 0 Å². The van der Waals surface area contributed by atoms with Crippen molar-refractivity contribution in [2.24, 2.45) is 5.41 Å². The topological polar surface area (TPSA) is 20.2 Å². The lowest BCUT2D eigenvalue weighted by atomic mass is 9.56. The Morgan fingerprint density at radius 3 is 2.59 bits per heavy atom. The van der Waals surface area contributed by atoms with Crippen molar-refractivity contribution in [3.63, 3.8) is 0 Å². The van der Waals surface area contributed by atoms with E-state index in [0.717, 1.165) is 12.8 Å². The van der Waals surface area contributed by atoms with Gasteiger partial charge in [0.1, 0.15) is 0 Å². The molecule has 0 heterocycles. The minimum atomic E-state index is -0.115. The summed E-state index contributed by atoms with van der Waals surface area (Å²) in [6.45, 7) is 9.38. The maximum atomic E-state index is 10.2. The van der Waals surface area contributed by atoms with Gasteiger partial charge >= 0.3 is 0 Å². The van der Waals surface area contributed by atoms with Crippen LogP contribution in [0.15, 0.2) is 23.3 Å². The van der Waals surface area contributed by atoms with Gasteiger partial charge < -0.3 is 5.11 Å². The smallest absolute Gasteiger partial charge is 0.0585 e.